The van der Waals surface area contributed by atoms with Crippen molar-refractivity contribution >= 4 is 5.91 Å². The number of nitrogens with zero attached hydrogens (tertiary/aromatic N) is 3. The maximum Gasteiger partial charge on any atom is 0.253 e. The number of pyridine rings is 1. The van der Waals surface area contributed by atoms with Crippen molar-refractivity contribution in [2.24, 2.45) is 11.8 Å². The Morgan fingerprint density at radius 2 is 1.74 bits per heavy atom. The molecule has 0 aromatic carbocycles. The summed E-state index contributed by atoms with van der Waals surface area (Å²) in [4.78, 5) is 21.0. The van der Waals surface area contributed by atoms with Crippen LogP contribution in [0.5, 0.6) is 0 Å². The standard InChI is InChI=1S/C18H27N3O2/c22-14-17-13-21(18(23)15-5-7-19-8-6-15)12-16(17)11-20-9-3-1-2-4-10-20/h5-8,16-17,22H,1-4,9-14H2/t16-,17-/m1/s1. The van der Waals surface area contributed by atoms with Gasteiger partial charge in [-0.3, -0.25) is 9.78 Å². The normalized spacial score (nSPS) is 26.2. The predicted octanol–water partition coefficient (Wildman–Crippen LogP) is 1.64. The summed E-state index contributed by atoms with van der Waals surface area (Å²) in [5, 5.41) is 9.73. The van der Waals surface area contributed by atoms with Gasteiger partial charge < -0.3 is 14.9 Å². The van der Waals surface area contributed by atoms with E-state index >= 15 is 0 Å². The van der Waals surface area contributed by atoms with Crippen LogP contribution in [-0.4, -0.2) is 65.1 Å². The van der Waals surface area contributed by atoms with E-state index in [0.717, 1.165) is 26.2 Å². The van der Waals surface area contributed by atoms with Crippen LogP contribution in [0.1, 0.15) is 36.0 Å². The summed E-state index contributed by atoms with van der Waals surface area (Å²) in [7, 11) is 0. The number of likely N-dealkylation sites (tertiary alicyclic amines) is 2. The van der Waals surface area contributed by atoms with Gasteiger partial charge in [-0.25, -0.2) is 0 Å². The highest BCUT2D eigenvalue weighted by Gasteiger charge is 2.36. The number of carbonyl (C=O) groups excluding carboxylic acids is 1. The maximum absolute atomic E-state index is 12.6. The van der Waals surface area contributed by atoms with Gasteiger partial charge in [0, 0.05) is 50.1 Å². The second kappa shape index (κ2) is 7.88. The van der Waals surface area contributed by atoms with Gasteiger partial charge in [0.05, 0.1) is 0 Å². The van der Waals surface area contributed by atoms with Crippen LogP contribution >= 0.6 is 0 Å². The molecule has 1 N–H and O–H groups in total. The molecule has 0 bridgehead atoms. The molecule has 0 saturated carbocycles. The number of aliphatic hydroxyl groups excluding tert-OH is 1. The topological polar surface area (TPSA) is 56.7 Å². The first-order valence-electron chi connectivity index (χ1n) is 8.80. The van der Waals surface area contributed by atoms with Crippen molar-refractivity contribution in [1.29, 1.82) is 0 Å². The number of hydrogen-bond acceptors (Lipinski definition) is 4. The Hall–Kier alpha value is -1.46. The number of aromatic nitrogens is 1. The molecule has 23 heavy (non-hydrogen) atoms. The average Bonchev–Trinajstić information content (AvgIpc) is 2.82. The van der Waals surface area contributed by atoms with Crippen molar-refractivity contribution in [3.05, 3.63) is 30.1 Å². The van der Waals surface area contributed by atoms with Crippen molar-refractivity contribution in [3.8, 4) is 0 Å². The summed E-state index contributed by atoms with van der Waals surface area (Å²) in [6.07, 6.45) is 8.52. The van der Waals surface area contributed by atoms with Gasteiger partial charge in [-0.2, -0.15) is 0 Å². The minimum Gasteiger partial charge on any atom is -0.396 e. The lowest BCUT2D eigenvalue weighted by Gasteiger charge is -2.26. The maximum atomic E-state index is 12.6. The Bertz CT molecular complexity index is 500. The van der Waals surface area contributed by atoms with Crippen LogP contribution < -0.4 is 0 Å². The zero-order valence-electron chi connectivity index (χ0n) is 13.7. The molecule has 2 aliphatic heterocycles. The van der Waals surface area contributed by atoms with E-state index in [4.69, 9.17) is 0 Å². The third-order valence-electron chi connectivity index (χ3n) is 5.22. The molecule has 2 atom stereocenters. The molecule has 2 aliphatic rings. The lowest BCUT2D eigenvalue weighted by molar-refractivity contribution is 0.0779. The average molecular weight is 317 g/mol. The monoisotopic (exact) mass is 317 g/mol. The van der Waals surface area contributed by atoms with E-state index in [0.29, 0.717) is 18.0 Å². The van der Waals surface area contributed by atoms with Gasteiger partial charge in [-0.15, -0.1) is 0 Å². The fourth-order valence-electron chi connectivity index (χ4n) is 3.85. The largest absolute Gasteiger partial charge is 0.396 e. The summed E-state index contributed by atoms with van der Waals surface area (Å²) in [5.74, 6) is 0.636. The van der Waals surface area contributed by atoms with Crippen LogP contribution in [0.2, 0.25) is 0 Å². The van der Waals surface area contributed by atoms with Gasteiger partial charge in [-0.1, -0.05) is 12.8 Å². The van der Waals surface area contributed by atoms with E-state index in [1.165, 1.54) is 25.7 Å². The summed E-state index contributed by atoms with van der Waals surface area (Å²) < 4.78 is 0. The van der Waals surface area contributed by atoms with Crippen molar-refractivity contribution < 1.29 is 9.90 Å². The first kappa shape index (κ1) is 16.4. The molecule has 0 aliphatic carbocycles. The Balaban J connectivity index is 1.62. The van der Waals surface area contributed by atoms with E-state index in [1.807, 2.05) is 4.90 Å². The highest BCUT2D eigenvalue weighted by atomic mass is 16.3. The van der Waals surface area contributed by atoms with Crippen molar-refractivity contribution in [2.75, 3.05) is 39.3 Å². The molecule has 2 saturated heterocycles. The molecule has 0 radical (unpaired) electrons. The molecule has 0 unspecified atom stereocenters. The summed E-state index contributed by atoms with van der Waals surface area (Å²) in [6, 6.07) is 3.52. The molecule has 1 aromatic heterocycles. The fraction of sp³-hybridized carbons (Fsp3) is 0.667. The molecule has 2 fully saturated rings. The van der Waals surface area contributed by atoms with E-state index in [1.54, 1.807) is 24.5 Å². The number of hydrogen-bond donors (Lipinski definition) is 1. The van der Waals surface area contributed by atoms with Crippen molar-refractivity contribution in [2.45, 2.75) is 25.7 Å². The van der Waals surface area contributed by atoms with Gasteiger partial charge in [-0.05, 0) is 44.0 Å². The molecular formula is C18H27N3O2. The predicted molar refractivity (Wildman–Crippen MR) is 89.1 cm³/mol. The minimum absolute atomic E-state index is 0.0595. The molecule has 5 heteroatoms. The first-order chi connectivity index (χ1) is 11.3. The minimum atomic E-state index is 0.0595. The van der Waals surface area contributed by atoms with E-state index in [9.17, 15) is 9.90 Å². The van der Waals surface area contributed by atoms with Gasteiger partial charge in [0.25, 0.3) is 5.91 Å². The van der Waals surface area contributed by atoms with Crippen LogP contribution in [0.15, 0.2) is 24.5 Å². The summed E-state index contributed by atoms with van der Waals surface area (Å²) >= 11 is 0. The molecule has 5 nitrogen and oxygen atoms in total. The number of rotatable bonds is 4. The number of amides is 1. The van der Waals surface area contributed by atoms with Crippen LogP contribution in [0.4, 0.5) is 0 Å². The van der Waals surface area contributed by atoms with Crippen LogP contribution in [0, 0.1) is 11.8 Å². The second-order valence-electron chi connectivity index (χ2n) is 6.86. The molecular weight excluding hydrogens is 290 g/mol. The number of carbonyl (C=O) groups is 1. The Kier molecular flexibility index (Phi) is 5.62. The van der Waals surface area contributed by atoms with E-state index in [-0.39, 0.29) is 18.4 Å². The fourth-order valence-corrected chi connectivity index (χ4v) is 3.85. The lowest BCUT2D eigenvalue weighted by Crippen LogP contribution is -2.35. The number of aliphatic hydroxyl groups is 1. The van der Waals surface area contributed by atoms with Crippen molar-refractivity contribution in [1.82, 2.24) is 14.8 Å². The summed E-state index contributed by atoms with van der Waals surface area (Å²) in [6.45, 7) is 4.91. The molecule has 3 heterocycles. The third kappa shape index (κ3) is 4.09. The van der Waals surface area contributed by atoms with Gasteiger partial charge in [0.2, 0.25) is 0 Å². The van der Waals surface area contributed by atoms with E-state index < -0.39 is 0 Å². The van der Waals surface area contributed by atoms with Gasteiger partial charge in [0.15, 0.2) is 0 Å². The van der Waals surface area contributed by atoms with Crippen molar-refractivity contribution in [3.63, 3.8) is 0 Å². The van der Waals surface area contributed by atoms with Gasteiger partial charge in [0.1, 0.15) is 0 Å². The SMILES string of the molecule is O=C(c1ccncc1)N1C[C@@H](CN2CCCCCC2)[C@@H](CO)C1. The molecule has 126 valence electrons. The molecule has 1 aromatic rings. The highest BCUT2D eigenvalue weighted by molar-refractivity contribution is 5.94. The first-order valence-corrected chi connectivity index (χ1v) is 8.80. The second-order valence-corrected chi connectivity index (χ2v) is 6.86. The molecule has 0 spiro atoms. The van der Waals surface area contributed by atoms with Crippen LogP contribution in [-0.2, 0) is 0 Å². The Morgan fingerprint density at radius 3 is 2.39 bits per heavy atom. The van der Waals surface area contributed by atoms with Crippen LogP contribution in [0.3, 0.4) is 0 Å². The zero-order chi connectivity index (χ0) is 16.1. The Morgan fingerprint density at radius 1 is 1.09 bits per heavy atom. The zero-order valence-corrected chi connectivity index (χ0v) is 13.7. The van der Waals surface area contributed by atoms with Gasteiger partial charge >= 0.3 is 0 Å². The molecule has 1 amide bonds. The summed E-state index contributed by atoms with van der Waals surface area (Å²) in [5.41, 5.74) is 0.687. The molecule has 3 rings (SSSR count). The Labute approximate surface area is 138 Å². The van der Waals surface area contributed by atoms with Crippen LogP contribution in [0.25, 0.3) is 0 Å². The smallest absolute Gasteiger partial charge is 0.253 e. The van der Waals surface area contributed by atoms with E-state index in [2.05, 4.69) is 9.88 Å². The lowest BCUT2D eigenvalue weighted by atomic mass is 9.96. The third-order valence-corrected chi connectivity index (χ3v) is 5.22. The highest BCUT2D eigenvalue weighted by Crippen LogP contribution is 2.26. The quantitative estimate of drug-likeness (QED) is 0.917.